The zero-order valence-corrected chi connectivity index (χ0v) is 9.91. The zero-order chi connectivity index (χ0) is 12.3. The fraction of sp³-hybridized carbons (Fsp3) is 0.833. The number of aliphatic carboxylic acids is 1. The van der Waals surface area contributed by atoms with Gasteiger partial charge in [0.05, 0.1) is 5.41 Å². The number of hydrogen-bond acceptors (Lipinski definition) is 3. The molecule has 1 heterocycles. The van der Waals surface area contributed by atoms with E-state index < -0.39 is 11.4 Å². The highest BCUT2D eigenvalue weighted by Crippen LogP contribution is 2.37. The summed E-state index contributed by atoms with van der Waals surface area (Å²) in [6, 6.07) is 0. The van der Waals surface area contributed by atoms with E-state index in [0.29, 0.717) is 19.4 Å². The lowest BCUT2D eigenvalue weighted by Gasteiger charge is -2.24. The van der Waals surface area contributed by atoms with Crippen molar-refractivity contribution >= 4 is 11.9 Å². The third-order valence-corrected chi connectivity index (χ3v) is 3.84. The van der Waals surface area contributed by atoms with E-state index in [2.05, 4.69) is 5.32 Å². The SMILES string of the molecule is O=C(NCC1(C(=O)O)CCCC1)C1CCCO1. The van der Waals surface area contributed by atoms with Crippen LogP contribution in [0.1, 0.15) is 38.5 Å². The van der Waals surface area contributed by atoms with Gasteiger partial charge in [0.15, 0.2) is 0 Å². The molecule has 2 fully saturated rings. The molecular weight excluding hydrogens is 222 g/mol. The van der Waals surface area contributed by atoms with Crippen molar-refractivity contribution in [2.75, 3.05) is 13.2 Å². The normalized spacial score (nSPS) is 26.9. The summed E-state index contributed by atoms with van der Waals surface area (Å²) in [4.78, 5) is 23.0. The first-order valence-corrected chi connectivity index (χ1v) is 6.27. The Morgan fingerprint density at radius 1 is 1.29 bits per heavy atom. The molecule has 1 atom stereocenters. The van der Waals surface area contributed by atoms with Crippen LogP contribution < -0.4 is 5.32 Å². The van der Waals surface area contributed by atoms with Gasteiger partial charge < -0.3 is 15.2 Å². The number of carbonyl (C=O) groups excluding carboxylic acids is 1. The summed E-state index contributed by atoms with van der Waals surface area (Å²) >= 11 is 0. The monoisotopic (exact) mass is 241 g/mol. The second-order valence-electron chi connectivity index (χ2n) is 5.01. The molecule has 2 rings (SSSR count). The van der Waals surface area contributed by atoms with Crippen molar-refractivity contribution in [1.82, 2.24) is 5.32 Å². The van der Waals surface area contributed by atoms with Gasteiger partial charge in [-0.1, -0.05) is 12.8 Å². The van der Waals surface area contributed by atoms with Crippen LogP contribution in [0.5, 0.6) is 0 Å². The number of carboxylic acids is 1. The fourth-order valence-corrected chi connectivity index (χ4v) is 2.67. The maximum Gasteiger partial charge on any atom is 0.311 e. The highest BCUT2D eigenvalue weighted by atomic mass is 16.5. The van der Waals surface area contributed by atoms with Gasteiger partial charge in [0.25, 0.3) is 0 Å². The highest BCUT2D eigenvalue weighted by Gasteiger charge is 2.41. The zero-order valence-electron chi connectivity index (χ0n) is 9.91. The number of amides is 1. The predicted molar refractivity (Wildman–Crippen MR) is 60.5 cm³/mol. The van der Waals surface area contributed by atoms with Gasteiger partial charge >= 0.3 is 5.97 Å². The molecule has 0 aromatic rings. The Bertz CT molecular complexity index is 304. The summed E-state index contributed by atoms with van der Waals surface area (Å²) in [7, 11) is 0. The molecule has 5 heteroatoms. The van der Waals surface area contributed by atoms with Crippen molar-refractivity contribution in [3.63, 3.8) is 0 Å². The third kappa shape index (κ3) is 2.60. The first kappa shape index (κ1) is 12.4. The van der Waals surface area contributed by atoms with Gasteiger partial charge in [-0.15, -0.1) is 0 Å². The maximum atomic E-state index is 11.7. The Balaban J connectivity index is 1.87. The quantitative estimate of drug-likeness (QED) is 0.767. The van der Waals surface area contributed by atoms with Crippen molar-refractivity contribution in [3.8, 4) is 0 Å². The average Bonchev–Trinajstić information content (AvgIpc) is 2.97. The number of carboxylic acid groups (broad SMARTS) is 1. The molecule has 17 heavy (non-hydrogen) atoms. The summed E-state index contributed by atoms with van der Waals surface area (Å²) in [6.45, 7) is 0.864. The van der Waals surface area contributed by atoms with Crippen molar-refractivity contribution in [1.29, 1.82) is 0 Å². The molecule has 0 aromatic heterocycles. The van der Waals surface area contributed by atoms with Crippen LogP contribution in [-0.4, -0.2) is 36.2 Å². The third-order valence-electron chi connectivity index (χ3n) is 3.84. The number of carbonyl (C=O) groups is 2. The number of nitrogens with one attached hydrogen (secondary N) is 1. The minimum atomic E-state index is -0.789. The first-order valence-electron chi connectivity index (χ1n) is 6.27. The smallest absolute Gasteiger partial charge is 0.311 e. The van der Waals surface area contributed by atoms with Crippen LogP contribution in [0.15, 0.2) is 0 Å². The lowest BCUT2D eigenvalue weighted by molar-refractivity contribution is -0.148. The minimum absolute atomic E-state index is 0.157. The van der Waals surface area contributed by atoms with E-state index in [1.165, 1.54) is 0 Å². The van der Waals surface area contributed by atoms with Crippen molar-refractivity contribution in [2.45, 2.75) is 44.6 Å². The van der Waals surface area contributed by atoms with Crippen LogP contribution >= 0.6 is 0 Å². The summed E-state index contributed by atoms with van der Waals surface area (Å²) in [5.74, 6) is -0.947. The van der Waals surface area contributed by atoms with Crippen LogP contribution in [0.4, 0.5) is 0 Å². The molecule has 2 aliphatic rings. The van der Waals surface area contributed by atoms with Crippen molar-refractivity contribution in [3.05, 3.63) is 0 Å². The Morgan fingerprint density at radius 3 is 2.53 bits per heavy atom. The molecule has 5 nitrogen and oxygen atoms in total. The summed E-state index contributed by atoms with van der Waals surface area (Å²) in [6.07, 6.45) is 4.46. The van der Waals surface area contributed by atoms with Gasteiger partial charge in [-0.2, -0.15) is 0 Å². The average molecular weight is 241 g/mol. The maximum absolute atomic E-state index is 11.7. The molecule has 0 bridgehead atoms. The van der Waals surface area contributed by atoms with E-state index in [0.717, 1.165) is 25.7 Å². The molecule has 0 aromatic carbocycles. The van der Waals surface area contributed by atoms with E-state index in [-0.39, 0.29) is 18.6 Å². The number of hydrogen-bond donors (Lipinski definition) is 2. The van der Waals surface area contributed by atoms with E-state index in [9.17, 15) is 14.7 Å². The van der Waals surface area contributed by atoms with Crippen LogP contribution in [-0.2, 0) is 14.3 Å². The van der Waals surface area contributed by atoms with Crippen LogP contribution in [0.3, 0.4) is 0 Å². The van der Waals surface area contributed by atoms with Gasteiger partial charge in [0, 0.05) is 13.2 Å². The Kier molecular flexibility index (Phi) is 3.66. The molecule has 0 spiro atoms. The molecule has 96 valence electrons. The van der Waals surface area contributed by atoms with Gasteiger partial charge in [0.2, 0.25) is 5.91 Å². The van der Waals surface area contributed by atoms with Gasteiger partial charge in [-0.3, -0.25) is 9.59 Å². The molecule has 1 aliphatic carbocycles. The molecule has 1 amide bonds. The molecule has 1 aliphatic heterocycles. The van der Waals surface area contributed by atoms with Gasteiger partial charge in [-0.05, 0) is 25.7 Å². The number of ether oxygens (including phenoxy) is 1. The molecule has 1 unspecified atom stereocenters. The van der Waals surface area contributed by atoms with Gasteiger partial charge in [-0.25, -0.2) is 0 Å². The highest BCUT2D eigenvalue weighted by molar-refractivity contribution is 5.82. The van der Waals surface area contributed by atoms with E-state index in [4.69, 9.17) is 4.74 Å². The first-order chi connectivity index (χ1) is 8.14. The standard InChI is InChI=1S/C12H19NO4/c14-10(9-4-3-7-17-9)13-8-12(11(15)16)5-1-2-6-12/h9H,1-8H2,(H,13,14)(H,15,16). The lowest BCUT2D eigenvalue weighted by atomic mass is 9.86. The second kappa shape index (κ2) is 5.04. The summed E-state index contributed by atoms with van der Waals surface area (Å²) < 4.78 is 5.26. The van der Waals surface area contributed by atoms with Crippen LogP contribution in [0.2, 0.25) is 0 Å². The molecule has 1 saturated carbocycles. The van der Waals surface area contributed by atoms with E-state index >= 15 is 0 Å². The Hall–Kier alpha value is -1.10. The topological polar surface area (TPSA) is 75.6 Å². The Labute approximate surface area is 101 Å². The lowest BCUT2D eigenvalue weighted by Crippen LogP contribution is -2.44. The number of rotatable bonds is 4. The summed E-state index contributed by atoms with van der Waals surface area (Å²) in [5, 5.41) is 12.0. The van der Waals surface area contributed by atoms with Gasteiger partial charge in [0.1, 0.15) is 6.10 Å². The minimum Gasteiger partial charge on any atom is -0.481 e. The van der Waals surface area contributed by atoms with Crippen LogP contribution in [0.25, 0.3) is 0 Å². The largest absolute Gasteiger partial charge is 0.481 e. The van der Waals surface area contributed by atoms with Crippen molar-refractivity contribution < 1.29 is 19.4 Å². The van der Waals surface area contributed by atoms with E-state index in [1.807, 2.05) is 0 Å². The predicted octanol–water partition coefficient (Wildman–Crippen LogP) is 0.927. The Morgan fingerprint density at radius 2 is 2.00 bits per heavy atom. The molecule has 2 N–H and O–H groups in total. The fourth-order valence-electron chi connectivity index (χ4n) is 2.67. The molecule has 0 radical (unpaired) electrons. The van der Waals surface area contributed by atoms with Crippen LogP contribution in [0, 0.1) is 5.41 Å². The molecular formula is C12H19NO4. The summed E-state index contributed by atoms with van der Waals surface area (Å²) in [5.41, 5.74) is -0.742. The molecule has 1 saturated heterocycles. The van der Waals surface area contributed by atoms with E-state index in [1.54, 1.807) is 0 Å². The second-order valence-corrected chi connectivity index (χ2v) is 5.01. The van der Waals surface area contributed by atoms with Crippen molar-refractivity contribution in [2.24, 2.45) is 5.41 Å².